The maximum atomic E-state index is 14.2. The Balaban J connectivity index is 1.70. The summed E-state index contributed by atoms with van der Waals surface area (Å²) in [6.45, 7) is 1.27. The molecule has 5 heteroatoms. The van der Waals surface area contributed by atoms with Crippen LogP contribution in [0.25, 0.3) is 0 Å². The Morgan fingerprint density at radius 3 is 2.38 bits per heavy atom. The number of hydrogen-bond donors (Lipinski definition) is 1. The van der Waals surface area contributed by atoms with Gasteiger partial charge in [-0.25, -0.2) is 9.18 Å². The third-order valence-corrected chi connectivity index (χ3v) is 4.43. The highest BCUT2D eigenvalue weighted by Crippen LogP contribution is 2.35. The minimum absolute atomic E-state index is 0.00690. The van der Waals surface area contributed by atoms with E-state index >= 15 is 0 Å². The first kappa shape index (κ1) is 14.0. The van der Waals surface area contributed by atoms with Crippen molar-refractivity contribution in [2.45, 2.75) is 31.6 Å². The number of hydrogen-bond acceptors (Lipinski definition) is 2. The van der Waals surface area contributed by atoms with E-state index in [1.54, 1.807) is 12.1 Å². The highest BCUT2D eigenvalue weighted by molar-refractivity contribution is 5.88. The summed E-state index contributed by atoms with van der Waals surface area (Å²) in [6, 6.07) is 4.53. The molecule has 3 rings (SSSR count). The van der Waals surface area contributed by atoms with Crippen molar-refractivity contribution in [2.24, 2.45) is 5.92 Å². The summed E-state index contributed by atoms with van der Waals surface area (Å²) in [5.41, 5.74) is 0.192. The minimum atomic E-state index is -1.24. The highest BCUT2D eigenvalue weighted by Gasteiger charge is 2.35. The van der Waals surface area contributed by atoms with Crippen LogP contribution in [0.2, 0.25) is 0 Å². The number of carboxylic acids is 1. The molecule has 2 fully saturated rings. The minimum Gasteiger partial charge on any atom is -0.478 e. The predicted octanol–water partition coefficient (Wildman–Crippen LogP) is 2.64. The zero-order valence-electron chi connectivity index (χ0n) is 11.7. The molecule has 0 radical (unpaired) electrons. The lowest BCUT2D eigenvalue weighted by Crippen LogP contribution is -2.38. The van der Waals surface area contributed by atoms with Gasteiger partial charge in [0.1, 0.15) is 5.82 Å². The lowest BCUT2D eigenvalue weighted by Gasteiger charge is -2.32. The summed E-state index contributed by atoms with van der Waals surface area (Å²) in [5, 5.41) is 8.98. The molecule has 1 N–H and O–H groups in total. The number of likely N-dealkylation sites (tertiary alicyclic amines) is 1. The molecular weight excluding hydrogens is 273 g/mol. The Morgan fingerprint density at radius 2 is 1.81 bits per heavy atom. The van der Waals surface area contributed by atoms with Gasteiger partial charge in [0, 0.05) is 19.0 Å². The van der Waals surface area contributed by atoms with Crippen LogP contribution < -0.4 is 0 Å². The van der Waals surface area contributed by atoms with E-state index in [0.29, 0.717) is 31.5 Å². The average molecular weight is 291 g/mol. The number of benzene rings is 1. The van der Waals surface area contributed by atoms with Crippen LogP contribution in [-0.2, 0) is 4.79 Å². The summed E-state index contributed by atoms with van der Waals surface area (Å²) in [5.74, 6) is -1.43. The summed E-state index contributed by atoms with van der Waals surface area (Å²) in [7, 11) is 0. The zero-order chi connectivity index (χ0) is 15.0. The molecule has 1 heterocycles. The first-order valence-electron chi connectivity index (χ1n) is 7.38. The number of nitrogens with zero attached hydrogens (tertiary/aromatic N) is 1. The van der Waals surface area contributed by atoms with Gasteiger partial charge in [0.2, 0.25) is 5.91 Å². The van der Waals surface area contributed by atoms with Crippen LogP contribution in [0.15, 0.2) is 18.2 Å². The first-order chi connectivity index (χ1) is 10.1. The first-order valence-corrected chi connectivity index (χ1v) is 7.38. The molecular formula is C16H18FNO3. The number of aromatic carboxylic acids is 1. The van der Waals surface area contributed by atoms with Crippen molar-refractivity contribution >= 4 is 11.9 Å². The molecule has 112 valence electrons. The summed E-state index contributed by atoms with van der Waals surface area (Å²) < 4.78 is 14.2. The average Bonchev–Trinajstić information content (AvgIpc) is 3.31. The van der Waals surface area contributed by atoms with E-state index in [-0.39, 0.29) is 23.3 Å². The molecule has 4 nitrogen and oxygen atoms in total. The Hall–Kier alpha value is -1.91. The fourth-order valence-corrected chi connectivity index (χ4v) is 3.03. The van der Waals surface area contributed by atoms with E-state index in [1.165, 1.54) is 6.07 Å². The van der Waals surface area contributed by atoms with Gasteiger partial charge in [0.05, 0.1) is 5.56 Å². The predicted molar refractivity (Wildman–Crippen MR) is 74.6 cm³/mol. The number of amides is 1. The maximum absolute atomic E-state index is 14.2. The standard InChI is InChI=1S/C16H18FNO3/c17-14-12(2-1-3-13(14)16(20)21)10-6-8-18(9-7-10)15(19)11-4-5-11/h1-3,10-11H,4-9H2,(H,20,21). The van der Waals surface area contributed by atoms with Crippen molar-refractivity contribution in [2.75, 3.05) is 13.1 Å². The van der Waals surface area contributed by atoms with Crippen LogP contribution in [0.5, 0.6) is 0 Å². The number of rotatable bonds is 3. The molecule has 1 aromatic rings. The Labute approximate surface area is 122 Å². The summed E-state index contributed by atoms with van der Waals surface area (Å²) in [4.78, 5) is 24.8. The number of carboxylic acid groups (broad SMARTS) is 1. The van der Waals surface area contributed by atoms with Crippen LogP contribution in [0.4, 0.5) is 4.39 Å². The molecule has 1 amide bonds. The van der Waals surface area contributed by atoms with E-state index in [0.717, 1.165) is 12.8 Å². The van der Waals surface area contributed by atoms with Gasteiger partial charge in [-0.3, -0.25) is 4.79 Å². The van der Waals surface area contributed by atoms with Gasteiger partial charge >= 0.3 is 5.97 Å². The molecule has 0 bridgehead atoms. The molecule has 1 saturated carbocycles. The number of piperidine rings is 1. The van der Waals surface area contributed by atoms with Crippen LogP contribution >= 0.6 is 0 Å². The largest absolute Gasteiger partial charge is 0.478 e. The second-order valence-corrected chi connectivity index (χ2v) is 5.89. The Bertz CT molecular complexity index is 575. The lowest BCUT2D eigenvalue weighted by atomic mass is 9.88. The molecule has 21 heavy (non-hydrogen) atoms. The van der Waals surface area contributed by atoms with Crippen LogP contribution in [0.1, 0.15) is 47.5 Å². The third kappa shape index (κ3) is 2.77. The maximum Gasteiger partial charge on any atom is 0.338 e. The summed E-state index contributed by atoms with van der Waals surface area (Å²) in [6.07, 6.45) is 3.37. The lowest BCUT2D eigenvalue weighted by molar-refractivity contribution is -0.133. The Kier molecular flexibility index (Phi) is 3.66. The van der Waals surface area contributed by atoms with Crippen molar-refractivity contribution < 1.29 is 19.1 Å². The van der Waals surface area contributed by atoms with Gasteiger partial charge in [-0.05, 0) is 43.2 Å². The van der Waals surface area contributed by atoms with Crippen molar-refractivity contribution in [3.63, 3.8) is 0 Å². The van der Waals surface area contributed by atoms with E-state index in [1.807, 2.05) is 4.90 Å². The van der Waals surface area contributed by atoms with Gasteiger partial charge in [-0.1, -0.05) is 12.1 Å². The second kappa shape index (κ2) is 5.47. The monoisotopic (exact) mass is 291 g/mol. The Morgan fingerprint density at radius 1 is 1.14 bits per heavy atom. The number of carbonyl (C=O) groups excluding carboxylic acids is 1. The normalized spacial score (nSPS) is 19.6. The molecule has 0 spiro atoms. The molecule has 1 saturated heterocycles. The fraction of sp³-hybridized carbons (Fsp3) is 0.500. The smallest absolute Gasteiger partial charge is 0.338 e. The third-order valence-electron chi connectivity index (χ3n) is 4.43. The second-order valence-electron chi connectivity index (χ2n) is 5.89. The van der Waals surface area contributed by atoms with Crippen molar-refractivity contribution in [1.29, 1.82) is 0 Å². The molecule has 1 aromatic carbocycles. The van der Waals surface area contributed by atoms with E-state index in [2.05, 4.69) is 0 Å². The van der Waals surface area contributed by atoms with Crippen LogP contribution in [0, 0.1) is 11.7 Å². The van der Waals surface area contributed by atoms with Crippen LogP contribution in [0.3, 0.4) is 0 Å². The quantitative estimate of drug-likeness (QED) is 0.931. The van der Waals surface area contributed by atoms with Gasteiger partial charge in [-0.15, -0.1) is 0 Å². The highest BCUT2D eigenvalue weighted by atomic mass is 19.1. The van der Waals surface area contributed by atoms with Gasteiger partial charge in [0.25, 0.3) is 0 Å². The van der Waals surface area contributed by atoms with Gasteiger partial charge in [-0.2, -0.15) is 0 Å². The van der Waals surface area contributed by atoms with E-state index in [4.69, 9.17) is 5.11 Å². The van der Waals surface area contributed by atoms with Crippen molar-refractivity contribution in [3.8, 4) is 0 Å². The molecule has 0 atom stereocenters. The molecule has 2 aliphatic rings. The van der Waals surface area contributed by atoms with Crippen molar-refractivity contribution in [1.82, 2.24) is 4.90 Å². The number of carbonyl (C=O) groups is 2. The number of halogens is 1. The van der Waals surface area contributed by atoms with Gasteiger partial charge in [0.15, 0.2) is 0 Å². The SMILES string of the molecule is O=C(O)c1cccc(C2CCN(C(=O)C3CC3)CC2)c1F. The molecule has 1 aliphatic carbocycles. The fourth-order valence-electron chi connectivity index (χ4n) is 3.03. The van der Waals surface area contributed by atoms with E-state index in [9.17, 15) is 14.0 Å². The molecule has 0 aromatic heterocycles. The van der Waals surface area contributed by atoms with Crippen molar-refractivity contribution in [3.05, 3.63) is 35.1 Å². The zero-order valence-corrected chi connectivity index (χ0v) is 11.7. The van der Waals surface area contributed by atoms with Gasteiger partial charge < -0.3 is 10.0 Å². The molecule has 0 unspecified atom stereocenters. The summed E-state index contributed by atoms with van der Waals surface area (Å²) >= 11 is 0. The topological polar surface area (TPSA) is 57.6 Å². The molecule has 1 aliphatic heterocycles. The van der Waals surface area contributed by atoms with E-state index < -0.39 is 11.8 Å². The van der Waals surface area contributed by atoms with Crippen LogP contribution in [-0.4, -0.2) is 35.0 Å².